The lowest BCUT2D eigenvalue weighted by molar-refractivity contribution is -0.143. The lowest BCUT2D eigenvalue weighted by Crippen LogP contribution is -2.30. The number of amides is 2. The number of thiazole rings is 1. The van der Waals surface area contributed by atoms with Crippen molar-refractivity contribution in [2.45, 2.75) is 13.5 Å². The van der Waals surface area contributed by atoms with Gasteiger partial charge in [0.2, 0.25) is 5.91 Å². The van der Waals surface area contributed by atoms with Crippen LogP contribution in [0.2, 0.25) is 0 Å². The molecule has 0 saturated carbocycles. The number of anilines is 2. The fourth-order valence-corrected chi connectivity index (χ4v) is 3.95. The summed E-state index contributed by atoms with van der Waals surface area (Å²) in [7, 11) is 4.47. The van der Waals surface area contributed by atoms with Crippen molar-refractivity contribution >= 4 is 39.9 Å². The number of nitrogens with one attached hydrogen (secondary N) is 1. The second-order valence-corrected chi connectivity index (χ2v) is 7.93. The van der Waals surface area contributed by atoms with Crippen LogP contribution in [-0.2, 0) is 20.9 Å². The highest BCUT2D eigenvalue weighted by Gasteiger charge is 2.21. The molecule has 0 radical (unpaired) electrons. The molecule has 0 atom stereocenters. The summed E-state index contributed by atoms with van der Waals surface area (Å²) in [4.78, 5) is 42.7. The third-order valence-corrected chi connectivity index (χ3v) is 5.63. The first kappa shape index (κ1) is 25.5. The van der Waals surface area contributed by atoms with Gasteiger partial charge in [-0.25, -0.2) is 4.98 Å². The van der Waals surface area contributed by atoms with Crippen LogP contribution in [0.4, 0.5) is 10.8 Å². The van der Waals surface area contributed by atoms with E-state index in [0.717, 1.165) is 0 Å². The molecule has 0 bridgehead atoms. The van der Waals surface area contributed by atoms with E-state index in [-0.39, 0.29) is 24.6 Å². The number of carbonyl (C=O) groups excluding carboxylic acids is 3. The average Bonchev–Trinajstić information content (AvgIpc) is 3.34. The predicted octanol–water partition coefficient (Wildman–Crippen LogP) is 3.33. The number of hydrogen-bond donors (Lipinski definition) is 1. The smallest absolute Gasteiger partial charge is 0.325 e. The van der Waals surface area contributed by atoms with E-state index >= 15 is 0 Å². The number of benzene rings is 2. The van der Waals surface area contributed by atoms with Gasteiger partial charge in [-0.15, -0.1) is 11.3 Å². The number of nitrogens with zero attached hydrogens (tertiary/aromatic N) is 2. The zero-order chi connectivity index (χ0) is 25.4. The topological polar surface area (TPSA) is 116 Å². The van der Waals surface area contributed by atoms with Gasteiger partial charge < -0.3 is 24.3 Å². The third kappa shape index (κ3) is 6.48. The number of aromatic nitrogens is 1. The van der Waals surface area contributed by atoms with Crippen molar-refractivity contribution in [3.8, 4) is 17.2 Å². The molecule has 0 unspecified atom stereocenters. The van der Waals surface area contributed by atoms with Crippen LogP contribution in [0.3, 0.4) is 0 Å². The van der Waals surface area contributed by atoms with Crippen LogP contribution < -0.4 is 24.4 Å². The van der Waals surface area contributed by atoms with Crippen molar-refractivity contribution in [2.75, 3.05) is 32.8 Å². The van der Waals surface area contributed by atoms with Crippen molar-refractivity contribution in [1.82, 2.24) is 10.3 Å². The normalized spacial score (nSPS) is 10.3. The quantitative estimate of drug-likeness (QED) is 0.422. The number of hydrogen-bond acceptors (Lipinski definition) is 9. The van der Waals surface area contributed by atoms with Gasteiger partial charge in [-0.05, 0) is 24.3 Å². The fourth-order valence-electron chi connectivity index (χ4n) is 3.09. The minimum Gasteiger partial charge on any atom is -0.497 e. The van der Waals surface area contributed by atoms with E-state index in [1.165, 1.54) is 56.6 Å². The third-order valence-electron chi connectivity index (χ3n) is 4.76. The van der Waals surface area contributed by atoms with Gasteiger partial charge in [-0.3, -0.25) is 19.3 Å². The lowest BCUT2D eigenvalue weighted by atomic mass is 10.2. The van der Waals surface area contributed by atoms with Crippen LogP contribution in [0.5, 0.6) is 17.2 Å². The lowest BCUT2D eigenvalue weighted by Gasteiger charge is -2.20. The number of ether oxygens (including phenoxy) is 4. The molecule has 35 heavy (non-hydrogen) atoms. The molecule has 0 fully saturated rings. The molecule has 11 heteroatoms. The van der Waals surface area contributed by atoms with E-state index in [1.807, 2.05) is 0 Å². The van der Waals surface area contributed by atoms with E-state index in [9.17, 15) is 14.4 Å². The molecule has 184 valence electrons. The molecule has 3 rings (SSSR count). The van der Waals surface area contributed by atoms with E-state index in [4.69, 9.17) is 18.9 Å². The number of esters is 1. The van der Waals surface area contributed by atoms with E-state index in [2.05, 4.69) is 10.3 Å². The largest absolute Gasteiger partial charge is 0.497 e. The summed E-state index contributed by atoms with van der Waals surface area (Å²) in [6, 6.07) is 11.8. The average molecular weight is 500 g/mol. The summed E-state index contributed by atoms with van der Waals surface area (Å²) in [5.74, 6) is 0.0488. The van der Waals surface area contributed by atoms with E-state index in [1.54, 1.807) is 35.7 Å². The molecule has 10 nitrogen and oxygen atoms in total. The highest BCUT2D eigenvalue weighted by molar-refractivity contribution is 7.14. The highest BCUT2D eigenvalue weighted by Crippen LogP contribution is 2.35. The van der Waals surface area contributed by atoms with Crippen molar-refractivity contribution < 1.29 is 33.3 Å². The Bertz CT molecular complexity index is 1190. The Morgan fingerprint density at radius 3 is 2.31 bits per heavy atom. The van der Waals surface area contributed by atoms with Crippen LogP contribution >= 0.6 is 11.3 Å². The summed E-state index contributed by atoms with van der Waals surface area (Å²) < 4.78 is 20.9. The van der Waals surface area contributed by atoms with Crippen molar-refractivity contribution in [3.05, 3.63) is 59.1 Å². The van der Waals surface area contributed by atoms with Crippen molar-refractivity contribution in [2.24, 2.45) is 0 Å². The number of rotatable bonds is 10. The molecule has 1 heterocycles. The van der Waals surface area contributed by atoms with Gasteiger partial charge in [0, 0.05) is 23.9 Å². The fraction of sp³-hybridized carbons (Fsp3) is 0.250. The zero-order valence-corrected chi connectivity index (χ0v) is 20.5. The van der Waals surface area contributed by atoms with Gasteiger partial charge in [0.25, 0.3) is 5.91 Å². The maximum absolute atomic E-state index is 12.4. The molecule has 2 amide bonds. The maximum atomic E-state index is 12.4. The molecule has 3 aromatic rings. The second kappa shape index (κ2) is 11.8. The number of para-hydroxylation sites is 2. The summed E-state index contributed by atoms with van der Waals surface area (Å²) >= 11 is 1.23. The first-order valence-corrected chi connectivity index (χ1v) is 11.3. The van der Waals surface area contributed by atoms with Crippen LogP contribution in [0, 0.1) is 0 Å². The number of methoxy groups -OCH3 is 3. The SMILES string of the molecule is COc1cc(OC)cc(C(=O)NCC(=O)OCc2csc(N(C(C)=O)c3ccccc3OC)n2)c1. The molecular formula is C24H25N3O7S. The first-order chi connectivity index (χ1) is 16.9. The first-order valence-electron chi connectivity index (χ1n) is 10.4. The molecule has 2 aromatic carbocycles. The summed E-state index contributed by atoms with van der Waals surface area (Å²) in [5.41, 5.74) is 1.29. The minimum absolute atomic E-state index is 0.115. The van der Waals surface area contributed by atoms with Gasteiger partial charge >= 0.3 is 5.97 Å². The Hall–Kier alpha value is -4.12. The molecule has 0 aliphatic rings. The molecular weight excluding hydrogens is 474 g/mol. The van der Waals surface area contributed by atoms with Crippen molar-refractivity contribution in [1.29, 1.82) is 0 Å². The standard InChI is InChI=1S/C24H25N3O7S/c1-15(28)27(20-7-5-6-8-21(20)33-4)24-26-17(14-35-24)13-34-22(29)12-25-23(30)16-9-18(31-2)11-19(10-16)32-3/h5-11,14H,12-13H2,1-4H3,(H,25,30). The zero-order valence-electron chi connectivity index (χ0n) is 19.7. The Kier molecular flexibility index (Phi) is 8.63. The second-order valence-electron chi connectivity index (χ2n) is 7.09. The Morgan fingerprint density at radius 2 is 1.69 bits per heavy atom. The van der Waals surface area contributed by atoms with Crippen LogP contribution in [0.15, 0.2) is 47.8 Å². The van der Waals surface area contributed by atoms with E-state index < -0.39 is 11.9 Å². The van der Waals surface area contributed by atoms with Gasteiger partial charge in [-0.2, -0.15) is 0 Å². The monoisotopic (exact) mass is 499 g/mol. The van der Waals surface area contributed by atoms with Gasteiger partial charge in [0.05, 0.1) is 32.7 Å². The molecule has 0 aliphatic carbocycles. The molecule has 0 spiro atoms. The van der Waals surface area contributed by atoms with Crippen LogP contribution in [-0.4, -0.2) is 50.6 Å². The van der Waals surface area contributed by atoms with Crippen molar-refractivity contribution in [3.63, 3.8) is 0 Å². The molecule has 0 saturated heterocycles. The summed E-state index contributed by atoms with van der Waals surface area (Å²) in [6.45, 7) is 0.972. The molecule has 1 aromatic heterocycles. The molecule has 1 N–H and O–H groups in total. The van der Waals surface area contributed by atoms with Crippen LogP contribution in [0.25, 0.3) is 0 Å². The Balaban J connectivity index is 1.59. The molecule has 0 aliphatic heterocycles. The Morgan fingerprint density at radius 1 is 1.00 bits per heavy atom. The van der Waals surface area contributed by atoms with Crippen LogP contribution in [0.1, 0.15) is 23.0 Å². The van der Waals surface area contributed by atoms with Gasteiger partial charge in [-0.1, -0.05) is 12.1 Å². The number of carbonyl (C=O) groups is 3. The minimum atomic E-state index is -0.643. The van der Waals surface area contributed by atoms with E-state index in [0.29, 0.717) is 33.8 Å². The van der Waals surface area contributed by atoms with Gasteiger partial charge in [0.1, 0.15) is 30.4 Å². The van der Waals surface area contributed by atoms with Gasteiger partial charge in [0.15, 0.2) is 5.13 Å². The maximum Gasteiger partial charge on any atom is 0.325 e. The highest BCUT2D eigenvalue weighted by atomic mass is 32.1. The Labute approximate surface area is 206 Å². The summed E-state index contributed by atoms with van der Waals surface area (Å²) in [6.07, 6.45) is 0. The summed E-state index contributed by atoms with van der Waals surface area (Å²) in [5, 5.41) is 4.60. The predicted molar refractivity (Wildman–Crippen MR) is 130 cm³/mol.